The Morgan fingerprint density at radius 3 is 3.11 bits per heavy atom. The molecule has 1 aromatic carbocycles. The maximum absolute atomic E-state index is 4.39. The SMILES string of the molecule is CCn1ccnc1CNc1ccc2nc(C)[nH]c2c1. The largest absolute Gasteiger partial charge is 0.378 e. The molecule has 3 aromatic rings. The molecule has 0 saturated carbocycles. The van der Waals surface area contributed by atoms with Crippen LogP contribution in [-0.2, 0) is 13.1 Å². The van der Waals surface area contributed by atoms with Gasteiger partial charge in [0.05, 0.1) is 17.6 Å². The molecule has 0 amide bonds. The Labute approximate surface area is 111 Å². The number of H-pyrrole nitrogens is 1. The van der Waals surface area contributed by atoms with E-state index in [2.05, 4.69) is 37.8 Å². The molecule has 0 bridgehead atoms. The molecule has 0 aliphatic rings. The Morgan fingerprint density at radius 2 is 2.26 bits per heavy atom. The van der Waals surface area contributed by atoms with E-state index in [1.54, 1.807) is 0 Å². The summed E-state index contributed by atoms with van der Waals surface area (Å²) in [5.74, 6) is 1.98. The van der Waals surface area contributed by atoms with Crippen molar-refractivity contribution >= 4 is 16.7 Å². The Morgan fingerprint density at radius 1 is 1.37 bits per heavy atom. The predicted molar refractivity (Wildman–Crippen MR) is 76.1 cm³/mol. The first-order valence-electron chi connectivity index (χ1n) is 6.46. The van der Waals surface area contributed by atoms with Crippen LogP contribution in [0.25, 0.3) is 11.0 Å². The van der Waals surface area contributed by atoms with Crippen molar-refractivity contribution in [1.29, 1.82) is 0 Å². The number of hydrogen-bond donors (Lipinski definition) is 2. The molecule has 0 fully saturated rings. The zero-order valence-electron chi connectivity index (χ0n) is 11.1. The molecule has 2 aromatic heterocycles. The summed E-state index contributed by atoms with van der Waals surface area (Å²) in [4.78, 5) is 12.0. The molecule has 0 spiro atoms. The van der Waals surface area contributed by atoms with Crippen molar-refractivity contribution in [2.45, 2.75) is 26.9 Å². The van der Waals surface area contributed by atoms with Crippen LogP contribution in [0.2, 0.25) is 0 Å². The third-order valence-corrected chi connectivity index (χ3v) is 3.19. The predicted octanol–water partition coefficient (Wildman–Crippen LogP) is 2.70. The van der Waals surface area contributed by atoms with Crippen LogP contribution in [0.15, 0.2) is 30.6 Å². The van der Waals surface area contributed by atoms with E-state index in [1.807, 2.05) is 31.5 Å². The summed E-state index contributed by atoms with van der Waals surface area (Å²) < 4.78 is 2.13. The highest BCUT2D eigenvalue weighted by molar-refractivity contribution is 5.79. The van der Waals surface area contributed by atoms with Crippen molar-refractivity contribution in [1.82, 2.24) is 19.5 Å². The third kappa shape index (κ3) is 2.31. The van der Waals surface area contributed by atoms with Crippen molar-refractivity contribution < 1.29 is 0 Å². The second-order valence-corrected chi connectivity index (χ2v) is 4.54. The fraction of sp³-hybridized carbons (Fsp3) is 0.286. The number of benzene rings is 1. The number of aromatic amines is 1. The molecule has 0 atom stereocenters. The number of nitrogens with one attached hydrogen (secondary N) is 2. The van der Waals surface area contributed by atoms with E-state index in [0.29, 0.717) is 0 Å². The van der Waals surface area contributed by atoms with Crippen LogP contribution in [0, 0.1) is 6.92 Å². The number of nitrogens with zero attached hydrogens (tertiary/aromatic N) is 3. The van der Waals surface area contributed by atoms with Crippen LogP contribution < -0.4 is 5.32 Å². The van der Waals surface area contributed by atoms with E-state index >= 15 is 0 Å². The maximum Gasteiger partial charge on any atom is 0.128 e. The van der Waals surface area contributed by atoms with Gasteiger partial charge in [-0.1, -0.05) is 0 Å². The molecule has 2 heterocycles. The Bertz CT molecular complexity index is 695. The Hall–Kier alpha value is -2.30. The number of aromatic nitrogens is 4. The number of anilines is 1. The van der Waals surface area contributed by atoms with Gasteiger partial charge in [0.25, 0.3) is 0 Å². The van der Waals surface area contributed by atoms with E-state index in [4.69, 9.17) is 0 Å². The van der Waals surface area contributed by atoms with Crippen LogP contribution >= 0.6 is 0 Å². The first-order valence-corrected chi connectivity index (χ1v) is 6.46. The lowest BCUT2D eigenvalue weighted by molar-refractivity contribution is 0.708. The smallest absolute Gasteiger partial charge is 0.128 e. The number of fused-ring (bicyclic) bond motifs is 1. The van der Waals surface area contributed by atoms with Gasteiger partial charge in [0, 0.05) is 24.6 Å². The van der Waals surface area contributed by atoms with Crippen LogP contribution in [-0.4, -0.2) is 19.5 Å². The highest BCUT2D eigenvalue weighted by atomic mass is 15.1. The zero-order chi connectivity index (χ0) is 13.2. The normalized spacial score (nSPS) is 11.1. The van der Waals surface area contributed by atoms with Crippen LogP contribution in [0.1, 0.15) is 18.6 Å². The number of aryl methyl sites for hydroxylation is 2. The topological polar surface area (TPSA) is 58.5 Å². The fourth-order valence-corrected chi connectivity index (χ4v) is 2.22. The zero-order valence-corrected chi connectivity index (χ0v) is 11.1. The minimum Gasteiger partial charge on any atom is -0.378 e. The van der Waals surface area contributed by atoms with Crippen molar-refractivity contribution in [2.24, 2.45) is 0 Å². The molecule has 0 saturated heterocycles. The highest BCUT2D eigenvalue weighted by Crippen LogP contribution is 2.17. The van der Waals surface area contributed by atoms with Crippen LogP contribution in [0.3, 0.4) is 0 Å². The molecular weight excluding hydrogens is 238 g/mol. The van der Waals surface area contributed by atoms with E-state index in [-0.39, 0.29) is 0 Å². The maximum atomic E-state index is 4.39. The monoisotopic (exact) mass is 255 g/mol. The quantitative estimate of drug-likeness (QED) is 0.753. The summed E-state index contributed by atoms with van der Waals surface area (Å²) in [7, 11) is 0. The van der Waals surface area contributed by atoms with Crippen molar-refractivity contribution in [3.63, 3.8) is 0 Å². The number of hydrogen-bond acceptors (Lipinski definition) is 3. The first kappa shape index (κ1) is 11.8. The van der Waals surface area contributed by atoms with Crippen molar-refractivity contribution in [3.8, 4) is 0 Å². The number of rotatable bonds is 4. The molecule has 5 heteroatoms. The lowest BCUT2D eigenvalue weighted by Gasteiger charge is -2.07. The van der Waals surface area contributed by atoms with Crippen LogP contribution in [0.5, 0.6) is 0 Å². The van der Waals surface area contributed by atoms with Gasteiger partial charge in [-0.2, -0.15) is 0 Å². The van der Waals surface area contributed by atoms with Gasteiger partial charge in [-0.05, 0) is 32.0 Å². The van der Waals surface area contributed by atoms with E-state index < -0.39 is 0 Å². The molecular formula is C14H17N5. The summed E-state index contributed by atoms with van der Waals surface area (Å²) in [6.45, 7) is 5.74. The molecule has 0 radical (unpaired) electrons. The van der Waals surface area contributed by atoms with Gasteiger partial charge in [0.1, 0.15) is 11.6 Å². The summed E-state index contributed by atoms with van der Waals surface area (Å²) in [6, 6.07) is 6.14. The van der Waals surface area contributed by atoms with Crippen molar-refractivity contribution in [3.05, 3.63) is 42.2 Å². The lowest BCUT2D eigenvalue weighted by atomic mass is 10.3. The number of imidazole rings is 2. The minimum atomic E-state index is 0.722. The third-order valence-electron chi connectivity index (χ3n) is 3.19. The van der Waals surface area contributed by atoms with E-state index in [1.165, 1.54) is 0 Å². The molecule has 3 rings (SSSR count). The van der Waals surface area contributed by atoms with Crippen molar-refractivity contribution in [2.75, 3.05) is 5.32 Å². The highest BCUT2D eigenvalue weighted by Gasteiger charge is 2.03. The van der Waals surface area contributed by atoms with E-state index in [9.17, 15) is 0 Å². The minimum absolute atomic E-state index is 0.722. The van der Waals surface area contributed by atoms with Crippen LogP contribution in [0.4, 0.5) is 5.69 Å². The fourth-order valence-electron chi connectivity index (χ4n) is 2.22. The standard InChI is InChI=1S/C14H17N5/c1-3-19-7-6-15-14(19)9-16-11-4-5-12-13(8-11)18-10(2)17-12/h4-8,16H,3,9H2,1-2H3,(H,17,18). The van der Waals surface area contributed by atoms with Gasteiger partial charge in [-0.3, -0.25) is 0 Å². The molecule has 5 nitrogen and oxygen atoms in total. The molecule has 98 valence electrons. The molecule has 2 N–H and O–H groups in total. The summed E-state index contributed by atoms with van der Waals surface area (Å²) in [5, 5.41) is 3.39. The summed E-state index contributed by atoms with van der Waals surface area (Å²) in [5.41, 5.74) is 3.13. The Kier molecular flexibility index (Phi) is 2.95. The van der Waals surface area contributed by atoms with Gasteiger partial charge in [0.15, 0.2) is 0 Å². The second-order valence-electron chi connectivity index (χ2n) is 4.54. The first-order chi connectivity index (χ1) is 9.26. The average molecular weight is 255 g/mol. The molecule has 0 aliphatic heterocycles. The second kappa shape index (κ2) is 4.76. The molecule has 19 heavy (non-hydrogen) atoms. The summed E-state index contributed by atoms with van der Waals surface area (Å²) >= 11 is 0. The van der Waals surface area contributed by atoms with Gasteiger partial charge >= 0.3 is 0 Å². The van der Waals surface area contributed by atoms with Gasteiger partial charge in [-0.15, -0.1) is 0 Å². The van der Waals surface area contributed by atoms with E-state index in [0.717, 1.165) is 41.5 Å². The molecule has 0 unspecified atom stereocenters. The summed E-state index contributed by atoms with van der Waals surface area (Å²) in [6.07, 6.45) is 3.83. The van der Waals surface area contributed by atoms with Gasteiger partial charge in [-0.25, -0.2) is 9.97 Å². The lowest BCUT2D eigenvalue weighted by Crippen LogP contribution is -2.07. The van der Waals surface area contributed by atoms with Gasteiger partial charge < -0.3 is 14.9 Å². The van der Waals surface area contributed by atoms with Gasteiger partial charge in [0.2, 0.25) is 0 Å². The average Bonchev–Trinajstić information content (AvgIpc) is 3.00. The Balaban J connectivity index is 1.78. The molecule has 0 aliphatic carbocycles.